The van der Waals surface area contributed by atoms with Crippen LogP contribution in [0.15, 0.2) is 66.7 Å². The van der Waals surface area contributed by atoms with E-state index in [9.17, 15) is 13.2 Å². The molecule has 3 aromatic rings. The van der Waals surface area contributed by atoms with E-state index in [1.807, 2.05) is 24.3 Å². The molecule has 0 unspecified atom stereocenters. The van der Waals surface area contributed by atoms with Gasteiger partial charge in [-0.25, -0.2) is 0 Å². The standard InChI is InChI=1S/C32H36ClF3N2O.2ClH/c33-31-10-4-2-7-28(31)23-37-17-13-24(14-18-37)15-19-39-29-12-11-26-21-38(16-5-8-25(26)20-29)22-27-6-1-3-9-30(27)32(34,35)36;;/h1-4,6-7,9-12,20,24H,5,8,13-19,21-23H2;2*1H. The Kier molecular flexibility index (Phi) is 12.7. The lowest BCUT2D eigenvalue weighted by atomic mass is 9.93. The Morgan fingerprint density at radius 1 is 0.805 bits per heavy atom. The van der Waals surface area contributed by atoms with Crippen molar-refractivity contribution < 1.29 is 17.9 Å². The molecule has 224 valence electrons. The minimum atomic E-state index is -4.33. The van der Waals surface area contributed by atoms with Crippen LogP contribution in [0.1, 0.15) is 53.5 Å². The summed E-state index contributed by atoms with van der Waals surface area (Å²) in [5.41, 5.74) is 3.41. The molecule has 0 bridgehead atoms. The molecule has 0 aliphatic carbocycles. The predicted octanol–water partition coefficient (Wildman–Crippen LogP) is 8.83. The van der Waals surface area contributed by atoms with Crippen LogP contribution in [-0.4, -0.2) is 36.0 Å². The van der Waals surface area contributed by atoms with E-state index in [1.165, 1.54) is 41.7 Å². The molecule has 2 aliphatic rings. The SMILES string of the molecule is Cl.Cl.FC(F)(F)c1ccccc1CN1CCCc2cc(OCCC3CCN(Cc4ccccc4Cl)CC3)ccc2C1. The molecular weight excluding hydrogens is 592 g/mol. The molecule has 1 saturated heterocycles. The molecule has 0 amide bonds. The van der Waals surface area contributed by atoms with Gasteiger partial charge in [0.25, 0.3) is 0 Å². The molecule has 9 heteroatoms. The van der Waals surface area contributed by atoms with Gasteiger partial charge in [0.15, 0.2) is 0 Å². The molecule has 0 atom stereocenters. The quantitative estimate of drug-likeness (QED) is 0.248. The minimum absolute atomic E-state index is 0. The summed E-state index contributed by atoms with van der Waals surface area (Å²) < 4.78 is 46.5. The zero-order chi connectivity index (χ0) is 27.2. The number of nitrogens with zero attached hydrogens (tertiary/aromatic N) is 2. The Balaban J connectivity index is 0.00000231. The first kappa shape index (κ1) is 33.5. The van der Waals surface area contributed by atoms with Crippen molar-refractivity contribution in [3.8, 4) is 5.75 Å². The van der Waals surface area contributed by atoms with E-state index in [4.69, 9.17) is 16.3 Å². The summed E-state index contributed by atoms with van der Waals surface area (Å²) in [7, 11) is 0. The minimum Gasteiger partial charge on any atom is -0.494 e. The van der Waals surface area contributed by atoms with Gasteiger partial charge in [0, 0.05) is 24.7 Å². The highest BCUT2D eigenvalue weighted by atomic mass is 35.5. The molecule has 0 aromatic heterocycles. The number of fused-ring (bicyclic) bond motifs is 1. The Bertz CT molecular complexity index is 1250. The molecular formula is C32H38Cl3F3N2O. The highest BCUT2D eigenvalue weighted by molar-refractivity contribution is 6.31. The van der Waals surface area contributed by atoms with Crippen molar-refractivity contribution in [3.63, 3.8) is 0 Å². The van der Waals surface area contributed by atoms with E-state index < -0.39 is 11.7 Å². The Morgan fingerprint density at radius 2 is 1.49 bits per heavy atom. The number of piperidine rings is 1. The second-order valence-corrected chi connectivity index (χ2v) is 11.3. The number of rotatable bonds is 8. The van der Waals surface area contributed by atoms with Crippen molar-refractivity contribution in [2.45, 2.75) is 57.9 Å². The molecule has 2 heterocycles. The van der Waals surface area contributed by atoms with E-state index in [1.54, 1.807) is 12.1 Å². The summed E-state index contributed by atoms with van der Waals surface area (Å²) >= 11 is 6.33. The summed E-state index contributed by atoms with van der Waals surface area (Å²) in [6.07, 6.45) is 0.880. The number of benzene rings is 3. The Labute approximate surface area is 258 Å². The zero-order valence-electron chi connectivity index (χ0n) is 23.0. The number of halogens is 6. The third kappa shape index (κ3) is 9.26. The van der Waals surface area contributed by atoms with Crippen LogP contribution < -0.4 is 4.74 Å². The lowest BCUT2D eigenvalue weighted by Gasteiger charge is -2.32. The number of aryl methyl sites for hydroxylation is 1. The van der Waals surface area contributed by atoms with Crippen LogP contribution in [-0.2, 0) is 32.2 Å². The van der Waals surface area contributed by atoms with Gasteiger partial charge in [-0.1, -0.05) is 54.1 Å². The van der Waals surface area contributed by atoms with Gasteiger partial charge < -0.3 is 4.74 Å². The van der Waals surface area contributed by atoms with Crippen molar-refractivity contribution in [2.75, 3.05) is 26.2 Å². The monoisotopic (exact) mass is 628 g/mol. The number of likely N-dealkylation sites (tertiary alicyclic amines) is 1. The molecule has 3 nitrogen and oxygen atoms in total. The molecule has 5 rings (SSSR count). The predicted molar refractivity (Wildman–Crippen MR) is 164 cm³/mol. The topological polar surface area (TPSA) is 15.7 Å². The maximum Gasteiger partial charge on any atom is 0.416 e. The van der Waals surface area contributed by atoms with Gasteiger partial charge in [-0.2, -0.15) is 13.2 Å². The van der Waals surface area contributed by atoms with E-state index in [2.05, 4.69) is 28.0 Å². The van der Waals surface area contributed by atoms with E-state index in [-0.39, 0.29) is 24.8 Å². The maximum absolute atomic E-state index is 13.5. The summed E-state index contributed by atoms with van der Waals surface area (Å²) in [5.74, 6) is 1.56. The van der Waals surface area contributed by atoms with Crippen LogP contribution >= 0.6 is 36.4 Å². The van der Waals surface area contributed by atoms with Crippen LogP contribution in [0.2, 0.25) is 5.02 Å². The Hall–Kier alpha value is -1.96. The fraction of sp³-hybridized carbons (Fsp3) is 0.438. The van der Waals surface area contributed by atoms with Gasteiger partial charge in [0.1, 0.15) is 5.75 Å². The molecule has 1 fully saturated rings. The second kappa shape index (κ2) is 15.5. The fourth-order valence-electron chi connectivity index (χ4n) is 5.85. The first-order valence-electron chi connectivity index (χ1n) is 13.9. The zero-order valence-corrected chi connectivity index (χ0v) is 25.4. The molecule has 0 saturated carbocycles. The van der Waals surface area contributed by atoms with Gasteiger partial charge in [-0.05, 0) is 104 Å². The van der Waals surface area contributed by atoms with Crippen LogP contribution in [0.4, 0.5) is 13.2 Å². The van der Waals surface area contributed by atoms with E-state index >= 15 is 0 Å². The van der Waals surface area contributed by atoms with Crippen molar-refractivity contribution in [1.82, 2.24) is 9.80 Å². The highest BCUT2D eigenvalue weighted by Crippen LogP contribution is 2.33. The molecule has 0 spiro atoms. The third-order valence-corrected chi connectivity index (χ3v) is 8.43. The molecule has 3 aromatic carbocycles. The number of hydrogen-bond donors (Lipinski definition) is 0. The first-order chi connectivity index (χ1) is 18.8. The second-order valence-electron chi connectivity index (χ2n) is 10.8. The van der Waals surface area contributed by atoms with Crippen LogP contribution in [0, 0.1) is 5.92 Å². The van der Waals surface area contributed by atoms with Crippen molar-refractivity contribution in [1.29, 1.82) is 0 Å². The molecule has 0 N–H and O–H groups in total. The van der Waals surface area contributed by atoms with Crippen molar-refractivity contribution in [2.24, 2.45) is 5.92 Å². The maximum atomic E-state index is 13.5. The smallest absolute Gasteiger partial charge is 0.416 e. The van der Waals surface area contributed by atoms with Gasteiger partial charge in [0.05, 0.1) is 12.2 Å². The summed E-state index contributed by atoms with van der Waals surface area (Å²) in [4.78, 5) is 4.60. The van der Waals surface area contributed by atoms with Crippen molar-refractivity contribution in [3.05, 3.63) is 99.6 Å². The van der Waals surface area contributed by atoms with Gasteiger partial charge in [-0.15, -0.1) is 24.8 Å². The normalized spacial score (nSPS) is 16.7. The fourth-order valence-corrected chi connectivity index (χ4v) is 6.04. The highest BCUT2D eigenvalue weighted by Gasteiger charge is 2.33. The van der Waals surface area contributed by atoms with Gasteiger partial charge in [0.2, 0.25) is 0 Å². The lowest BCUT2D eigenvalue weighted by Crippen LogP contribution is -2.33. The molecule has 41 heavy (non-hydrogen) atoms. The largest absolute Gasteiger partial charge is 0.494 e. The molecule has 0 radical (unpaired) electrons. The van der Waals surface area contributed by atoms with Gasteiger partial charge in [-0.3, -0.25) is 9.80 Å². The Morgan fingerprint density at radius 3 is 2.22 bits per heavy atom. The first-order valence-corrected chi connectivity index (χ1v) is 14.3. The average molecular weight is 630 g/mol. The van der Waals surface area contributed by atoms with Crippen LogP contribution in [0.3, 0.4) is 0 Å². The van der Waals surface area contributed by atoms with Crippen LogP contribution in [0.25, 0.3) is 0 Å². The number of hydrogen-bond acceptors (Lipinski definition) is 3. The average Bonchev–Trinajstić information content (AvgIpc) is 3.12. The summed E-state index contributed by atoms with van der Waals surface area (Å²) in [6.45, 7) is 5.49. The van der Waals surface area contributed by atoms with Crippen molar-refractivity contribution >= 4 is 36.4 Å². The number of alkyl halides is 3. The van der Waals surface area contributed by atoms with Gasteiger partial charge >= 0.3 is 6.18 Å². The van der Waals surface area contributed by atoms with E-state index in [0.29, 0.717) is 31.2 Å². The summed E-state index contributed by atoms with van der Waals surface area (Å²) in [6, 6.07) is 20.2. The van der Waals surface area contributed by atoms with E-state index in [0.717, 1.165) is 56.2 Å². The number of ether oxygens (including phenoxy) is 1. The summed E-state index contributed by atoms with van der Waals surface area (Å²) in [5, 5.41) is 0.841. The molecule has 2 aliphatic heterocycles. The lowest BCUT2D eigenvalue weighted by molar-refractivity contribution is -0.138. The van der Waals surface area contributed by atoms with Crippen LogP contribution in [0.5, 0.6) is 5.75 Å². The third-order valence-electron chi connectivity index (χ3n) is 8.06.